The molecule has 0 bridgehead atoms. The van der Waals surface area contributed by atoms with Crippen LogP contribution >= 0.6 is 0 Å². The molecule has 21 heavy (non-hydrogen) atoms. The van der Waals surface area contributed by atoms with Crippen LogP contribution in [0.25, 0.3) is 0 Å². The molecule has 2 rings (SSSR count). The molecule has 1 amide bonds. The van der Waals surface area contributed by atoms with Crippen molar-refractivity contribution in [3.63, 3.8) is 0 Å². The molecule has 4 heteroatoms. The zero-order valence-corrected chi connectivity index (χ0v) is 13.7. The Bertz CT molecular complexity index is 528. The van der Waals surface area contributed by atoms with Gasteiger partial charge in [0.2, 0.25) is 0 Å². The monoisotopic (exact) mass is 290 g/mol. The van der Waals surface area contributed by atoms with Crippen LogP contribution < -0.4 is 10.6 Å². The SMILES string of the molecule is CNC1(Cc2ccc(NC(=O)OC(C)(C)C)c(C)c2)CC1. The van der Waals surface area contributed by atoms with E-state index in [0.717, 1.165) is 17.7 Å². The maximum atomic E-state index is 11.8. The number of amides is 1. The van der Waals surface area contributed by atoms with Gasteiger partial charge in [0.1, 0.15) is 5.60 Å². The van der Waals surface area contributed by atoms with Crippen LogP contribution in [0.5, 0.6) is 0 Å². The third-order valence-corrected chi connectivity index (χ3v) is 3.85. The first kappa shape index (κ1) is 15.8. The van der Waals surface area contributed by atoms with Gasteiger partial charge in [-0.25, -0.2) is 4.79 Å². The second-order valence-corrected chi connectivity index (χ2v) is 6.98. The summed E-state index contributed by atoms with van der Waals surface area (Å²) in [5.41, 5.74) is 2.98. The van der Waals surface area contributed by atoms with Gasteiger partial charge in [0.25, 0.3) is 0 Å². The van der Waals surface area contributed by atoms with Crippen molar-refractivity contribution in [3.05, 3.63) is 29.3 Å². The zero-order chi connectivity index (χ0) is 15.7. The number of anilines is 1. The van der Waals surface area contributed by atoms with Crippen molar-refractivity contribution in [1.29, 1.82) is 0 Å². The van der Waals surface area contributed by atoms with E-state index < -0.39 is 11.7 Å². The standard InChI is InChI=1S/C17H26N2O2/c1-12-10-13(11-17(18-5)8-9-17)6-7-14(12)19-15(20)21-16(2,3)4/h6-7,10,18H,8-9,11H2,1-5H3,(H,19,20). The summed E-state index contributed by atoms with van der Waals surface area (Å²) in [5, 5.41) is 6.21. The van der Waals surface area contributed by atoms with E-state index in [1.807, 2.05) is 40.8 Å². The molecule has 1 saturated carbocycles. The Hall–Kier alpha value is -1.55. The van der Waals surface area contributed by atoms with Crippen LogP contribution in [0.1, 0.15) is 44.7 Å². The van der Waals surface area contributed by atoms with Gasteiger partial charge < -0.3 is 10.1 Å². The Labute approximate surface area is 127 Å². The molecule has 2 N–H and O–H groups in total. The van der Waals surface area contributed by atoms with Gasteiger partial charge in [-0.2, -0.15) is 0 Å². The van der Waals surface area contributed by atoms with Crippen molar-refractivity contribution >= 4 is 11.8 Å². The molecule has 0 atom stereocenters. The lowest BCUT2D eigenvalue weighted by Gasteiger charge is -2.20. The van der Waals surface area contributed by atoms with E-state index in [9.17, 15) is 4.79 Å². The number of carbonyl (C=O) groups is 1. The molecule has 4 nitrogen and oxygen atoms in total. The molecule has 1 aromatic rings. The minimum absolute atomic E-state index is 0.298. The number of hydrogen-bond acceptors (Lipinski definition) is 3. The number of hydrogen-bond donors (Lipinski definition) is 2. The molecule has 1 aliphatic rings. The van der Waals surface area contributed by atoms with E-state index >= 15 is 0 Å². The molecule has 0 aromatic heterocycles. The normalized spacial score (nSPS) is 16.4. The highest BCUT2D eigenvalue weighted by atomic mass is 16.6. The van der Waals surface area contributed by atoms with E-state index in [2.05, 4.69) is 22.8 Å². The highest BCUT2D eigenvalue weighted by molar-refractivity contribution is 5.85. The van der Waals surface area contributed by atoms with Gasteiger partial charge in [-0.05, 0) is 71.2 Å². The summed E-state index contributed by atoms with van der Waals surface area (Å²) in [7, 11) is 2.03. The number of rotatable bonds is 4. The second-order valence-electron chi connectivity index (χ2n) is 6.98. The third kappa shape index (κ3) is 4.46. The predicted molar refractivity (Wildman–Crippen MR) is 85.8 cm³/mol. The first-order valence-corrected chi connectivity index (χ1v) is 7.51. The van der Waals surface area contributed by atoms with Crippen molar-refractivity contribution in [2.75, 3.05) is 12.4 Å². The maximum Gasteiger partial charge on any atom is 0.412 e. The van der Waals surface area contributed by atoms with Crippen LogP contribution in [-0.2, 0) is 11.2 Å². The van der Waals surface area contributed by atoms with E-state index in [-0.39, 0.29) is 0 Å². The lowest BCUT2D eigenvalue weighted by Crippen LogP contribution is -2.29. The topological polar surface area (TPSA) is 50.4 Å². The molecular formula is C17H26N2O2. The molecule has 0 aliphatic heterocycles. The highest BCUT2D eigenvalue weighted by Gasteiger charge is 2.40. The molecule has 116 valence electrons. The third-order valence-electron chi connectivity index (χ3n) is 3.85. The minimum Gasteiger partial charge on any atom is -0.444 e. The molecule has 0 radical (unpaired) electrons. The first-order valence-electron chi connectivity index (χ1n) is 7.51. The fourth-order valence-corrected chi connectivity index (χ4v) is 2.45. The van der Waals surface area contributed by atoms with Gasteiger partial charge in [0, 0.05) is 11.2 Å². The Morgan fingerprint density at radius 3 is 2.48 bits per heavy atom. The lowest BCUT2D eigenvalue weighted by molar-refractivity contribution is 0.0636. The summed E-state index contributed by atoms with van der Waals surface area (Å²) in [6.07, 6.45) is 3.10. The Morgan fingerprint density at radius 1 is 1.33 bits per heavy atom. The van der Waals surface area contributed by atoms with Gasteiger partial charge in [-0.1, -0.05) is 12.1 Å². The van der Waals surface area contributed by atoms with E-state index in [1.165, 1.54) is 18.4 Å². The van der Waals surface area contributed by atoms with Crippen LogP contribution in [-0.4, -0.2) is 24.3 Å². The quantitative estimate of drug-likeness (QED) is 0.890. The molecule has 0 unspecified atom stereocenters. The zero-order valence-electron chi connectivity index (χ0n) is 13.7. The summed E-state index contributed by atoms with van der Waals surface area (Å²) < 4.78 is 5.27. The predicted octanol–water partition coefficient (Wildman–Crippen LogP) is 3.64. The Balaban J connectivity index is 2.01. The average molecular weight is 290 g/mol. The highest BCUT2D eigenvalue weighted by Crippen LogP contribution is 2.38. The Morgan fingerprint density at radius 2 is 2.00 bits per heavy atom. The molecule has 0 spiro atoms. The van der Waals surface area contributed by atoms with E-state index in [4.69, 9.17) is 4.74 Å². The van der Waals surface area contributed by atoms with Crippen molar-refractivity contribution in [2.24, 2.45) is 0 Å². The fraction of sp³-hybridized carbons (Fsp3) is 0.588. The average Bonchev–Trinajstić information content (AvgIpc) is 3.11. The van der Waals surface area contributed by atoms with E-state index in [0.29, 0.717) is 5.54 Å². The largest absolute Gasteiger partial charge is 0.444 e. The lowest BCUT2D eigenvalue weighted by atomic mass is 10.0. The number of benzene rings is 1. The van der Waals surface area contributed by atoms with Crippen LogP contribution in [0.15, 0.2) is 18.2 Å². The first-order chi connectivity index (χ1) is 9.73. The molecule has 0 saturated heterocycles. The van der Waals surface area contributed by atoms with Crippen LogP contribution in [0.4, 0.5) is 10.5 Å². The fourth-order valence-electron chi connectivity index (χ4n) is 2.45. The summed E-state index contributed by atoms with van der Waals surface area (Å²) in [6.45, 7) is 7.58. The number of carbonyl (C=O) groups excluding carboxylic acids is 1. The van der Waals surface area contributed by atoms with Crippen LogP contribution in [0.2, 0.25) is 0 Å². The van der Waals surface area contributed by atoms with Gasteiger partial charge in [-0.15, -0.1) is 0 Å². The van der Waals surface area contributed by atoms with Gasteiger partial charge >= 0.3 is 6.09 Å². The molecule has 1 aromatic carbocycles. The molecule has 0 heterocycles. The smallest absolute Gasteiger partial charge is 0.412 e. The number of ether oxygens (including phenoxy) is 1. The second kappa shape index (κ2) is 5.68. The van der Waals surface area contributed by atoms with Crippen molar-refractivity contribution < 1.29 is 9.53 Å². The summed E-state index contributed by atoms with van der Waals surface area (Å²) >= 11 is 0. The van der Waals surface area contributed by atoms with Crippen molar-refractivity contribution in [3.8, 4) is 0 Å². The minimum atomic E-state index is -0.483. The van der Waals surface area contributed by atoms with Crippen molar-refractivity contribution in [2.45, 2.75) is 58.1 Å². The number of aryl methyl sites for hydroxylation is 1. The maximum absolute atomic E-state index is 11.8. The van der Waals surface area contributed by atoms with Gasteiger partial charge in [0.15, 0.2) is 0 Å². The molecule has 1 fully saturated rings. The Kier molecular flexibility index (Phi) is 4.28. The summed E-state index contributed by atoms with van der Waals surface area (Å²) in [5.74, 6) is 0. The van der Waals surface area contributed by atoms with Crippen LogP contribution in [0, 0.1) is 6.92 Å². The molecule has 1 aliphatic carbocycles. The summed E-state index contributed by atoms with van der Waals surface area (Å²) in [6, 6.07) is 6.18. The summed E-state index contributed by atoms with van der Waals surface area (Å²) in [4.78, 5) is 11.8. The van der Waals surface area contributed by atoms with Crippen molar-refractivity contribution in [1.82, 2.24) is 5.32 Å². The molecular weight excluding hydrogens is 264 g/mol. The van der Waals surface area contributed by atoms with Crippen LogP contribution in [0.3, 0.4) is 0 Å². The van der Waals surface area contributed by atoms with Gasteiger partial charge in [-0.3, -0.25) is 5.32 Å². The van der Waals surface area contributed by atoms with Gasteiger partial charge in [0.05, 0.1) is 0 Å². The van der Waals surface area contributed by atoms with E-state index in [1.54, 1.807) is 0 Å². The number of nitrogens with one attached hydrogen (secondary N) is 2. The number of likely N-dealkylation sites (N-methyl/N-ethyl adjacent to an activating group) is 1.